The molecule has 0 bridgehead atoms. The van der Waals surface area contributed by atoms with Crippen LogP contribution in [0.25, 0.3) is 0 Å². The monoisotopic (exact) mass is 357 g/mol. The maximum Gasteiger partial charge on any atom is 0.162 e. The number of hydrogen-bond donors (Lipinski definition) is 3. The summed E-state index contributed by atoms with van der Waals surface area (Å²) in [4.78, 5) is 24.8. The molecule has 140 valence electrons. The summed E-state index contributed by atoms with van der Waals surface area (Å²) in [5.41, 5.74) is 9.05. The first-order valence-electron chi connectivity index (χ1n) is 8.92. The van der Waals surface area contributed by atoms with Crippen molar-refractivity contribution >= 4 is 12.0 Å². The lowest BCUT2D eigenvalue weighted by molar-refractivity contribution is -0.118. The van der Waals surface area contributed by atoms with E-state index in [9.17, 15) is 4.79 Å². The maximum atomic E-state index is 13.0. The lowest BCUT2D eigenvalue weighted by Crippen LogP contribution is -2.39. The number of imidazole rings is 1. The molecule has 0 aromatic carbocycles. The highest BCUT2D eigenvalue weighted by molar-refractivity contribution is 6.02. The van der Waals surface area contributed by atoms with E-state index in [0.717, 1.165) is 34.8 Å². The number of rotatable bonds is 6. The van der Waals surface area contributed by atoms with Gasteiger partial charge < -0.3 is 20.8 Å². The zero-order valence-electron chi connectivity index (χ0n) is 15.6. The van der Waals surface area contributed by atoms with E-state index in [1.165, 1.54) is 0 Å². The van der Waals surface area contributed by atoms with Crippen LogP contribution in [0.4, 0.5) is 0 Å². The number of nitrogens with zero attached hydrogens (tertiary/aromatic N) is 2. The van der Waals surface area contributed by atoms with Gasteiger partial charge in [-0.3, -0.25) is 9.79 Å². The number of aromatic amines is 1. The van der Waals surface area contributed by atoms with Crippen LogP contribution in [-0.2, 0) is 9.53 Å². The fourth-order valence-electron chi connectivity index (χ4n) is 3.75. The number of nitrogens with two attached hydrogens (primary N) is 1. The molecule has 1 aromatic rings. The SMILES string of the molecule is CN=CC1=C(COCCN)NC2=C(C(=O)CC(C)(C)C2)C1c1ncc[nH]1. The van der Waals surface area contributed by atoms with Gasteiger partial charge in [0.05, 0.1) is 19.1 Å². The molecule has 7 nitrogen and oxygen atoms in total. The predicted molar refractivity (Wildman–Crippen MR) is 101 cm³/mol. The zero-order valence-corrected chi connectivity index (χ0v) is 15.6. The van der Waals surface area contributed by atoms with Crippen molar-refractivity contribution in [1.82, 2.24) is 15.3 Å². The molecule has 1 unspecified atom stereocenters. The second-order valence-electron chi connectivity index (χ2n) is 7.53. The fourth-order valence-corrected chi connectivity index (χ4v) is 3.75. The van der Waals surface area contributed by atoms with Gasteiger partial charge in [-0.2, -0.15) is 0 Å². The third-order valence-corrected chi connectivity index (χ3v) is 4.74. The number of ether oxygens (including phenoxy) is 1. The first kappa shape index (κ1) is 18.5. The Morgan fingerprint density at radius 3 is 2.92 bits per heavy atom. The number of Topliss-reactive ketones (excluding diaryl/α,β-unsaturated/α-hetero) is 1. The van der Waals surface area contributed by atoms with Crippen LogP contribution in [0, 0.1) is 5.41 Å². The summed E-state index contributed by atoms with van der Waals surface area (Å²) in [6.45, 7) is 5.57. The Hall–Kier alpha value is -2.25. The summed E-state index contributed by atoms with van der Waals surface area (Å²) >= 11 is 0. The number of H-pyrrole nitrogens is 1. The number of aliphatic imine (C=N–C) groups is 1. The Morgan fingerprint density at radius 2 is 2.27 bits per heavy atom. The highest BCUT2D eigenvalue weighted by atomic mass is 16.5. The lowest BCUT2D eigenvalue weighted by atomic mass is 9.70. The minimum atomic E-state index is -0.259. The molecule has 0 saturated carbocycles. The average Bonchev–Trinajstić information content (AvgIpc) is 3.09. The highest BCUT2D eigenvalue weighted by Gasteiger charge is 2.42. The van der Waals surface area contributed by atoms with Crippen molar-refractivity contribution in [1.29, 1.82) is 0 Å². The first-order chi connectivity index (χ1) is 12.5. The van der Waals surface area contributed by atoms with Crippen LogP contribution in [0.1, 0.15) is 38.4 Å². The molecule has 7 heteroatoms. The van der Waals surface area contributed by atoms with Crippen LogP contribution in [0.5, 0.6) is 0 Å². The molecule has 1 aliphatic heterocycles. The summed E-state index contributed by atoms with van der Waals surface area (Å²) < 4.78 is 5.68. The zero-order chi connectivity index (χ0) is 18.7. The van der Waals surface area contributed by atoms with E-state index in [1.54, 1.807) is 25.7 Å². The minimum Gasteiger partial charge on any atom is -0.374 e. The number of allylic oxidation sites excluding steroid dienone is 3. The number of dihydropyridines is 1. The predicted octanol–water partition coefficient (Wildman–Crippen LogP) is 1.67. The van der Waals surface area contributed by atoms with Crippen molar-refractivity contribution in [2.45, 2.75) is 32.6 Å². The Morgan fingerprint density at radius 1 is 1.46 bits per heavy atom. The molecule has 0 radical (unpaired) electrons. The molecular formula is C19H27N5O2. The fraction of sp³-hybridized carbons (Fsp3) is 0.526. The molecule has 4 N–H and O–H groups in total. The molecule has 3 rings (SSSR count). The van der Waals surface area contributed by atoms with Crippen LogP contribution in [-0.4, -0.2) is 48.8 Å². The van der Waals surface area contributed by atoms with Crippen molar-refractivity contribution in [2.75, 3.05) is 26.8 Å². The molecule has 0 fully saturated rings. The van der Waals surface area contributed by atoms with E-state index in [0.29, 0.717) is 26.2 Å². The van der Waals surface area contributed by atoms with Gasteiger partial charge in [0.15, 0.2) is 5.78 Å². The van der Waals surface area contributed by atoms with Crippen LogP contribution < -0.4 is 11.1 Å². The van der Waals surface area contributed by atoms with Crippen molar-refractivity contribution in [3.05, 3.63) is 40.8 Å². The second kappa shape index (κ2) is 7.55. The van der Waals surface area contributed by atoms with Gasteiger partial charge in [-0.05, 0) is 11.8 Å². The largest absolute Gasteiger partial charge is 0.374 e. The van der Waals surface area contributed by atoms with Crippen LogP contribution in [0.3, 0.4) is 0 Å². The van der Waals surface area contributed by atoms with E-state index in [-0.39, 0.29) is 17.1 Å². The van der Waals surface area contributed by atoms with Gasteiger partial charge in [-0.1, -0.05) is 13.8 Å². The van der Waals surface area contributed by atoms with E-state index in [1.807, 2.05) is 0 Å². The maximum absolute atomic E-state index is 13.0. The summed E-state index contributed by atoms with van der Waals surface area (Å²) in [7, 11) is 1.72. The molecule has 1 atom stereocenters. The van der Waals surface area contributed by atoms with E-state index >= 15 is 0 Å². The summed E-state index contributed by atoms with van der Waals surface area (Å²) in [5.74, 6) is 0.650. The number of ketones is 1. The Labute approximate surface area is 153 Å². The molecular weight excluding hydrogens is 330 g/mol. The molecule has 0 amide bonds. The quantitative estimate of drug-likeness (QED) is 0.530. The number of aromatic nitrogens is 2. The van der Waals surface area contributed by atoms with Gasteiger partial charge in [-0.25, -0.2) is 4.98 Å². The summed E-state index contributed by atoms with van der Waals surface area (Å²) in [5, 5.41) is 3.47. The molecule has 26 heavy (non-hydrogen) atoms. The van der Waals surface area contributed by atoms with Crippen LogP contribution in [0.2, 0.25) is 0 Å². The molecule has 0 saturated heterocycles. The van der Waals surface area contributed by atoms with Gasteiger partial charge >= 0.3 is 0 Å². The number of carbonyl (C=O) groups is 1. The van der Waals surface area contributed by atoms with Gasteiger partial charge in [0, 0.05) is 61.2 Å². The van der Waals surface area contributed by atoms with E-state index in [4.69, 9.17) is 10.5 Å². The summed E-state index contributed by atoms with van der Waals surface area (Å²) in [6, 6.07) is 0. The summed E-state index contributed by atoms with van der Waals surface area (Å²) in [6.07, 6.45) is 6.61. The van der Waals surface area contributed by atoms with Crippen molar-refractivity contribution in [3.63, 3.8) is 0 Å². The Bertz CT molecular complexity index is 759. The Kier molecular flexibility index (Phi) is 5.38. The second-order valence-corrected chi connectivity index (χ2v) is 7.53. The number of hydrogen-bond acceptors (Lipinski definition) is 6. The Balaban J connectivity index is 2.08. The topological polar surface area (TPSA) is 105 Å². The number of carbonyl (C=O) groups excluding carboxylic acids is 1. The number of nitrogens with one attached hydrogen (secondary N) is 2. The molecule has 0 spiro atoms. The molecule has 1 aromatic heterocycles. The average molecular weight is 357 g/mol. The van der Waals surface area contributed by atoms with Crippen LogP contribution in [0.15, 0.2) is 39.9 Å². The smallest absolute Gasteiger partial charge is 0.162 e. The van der Waals surface area contributed by atoms with Gasteiger partial charge in [0.25, 0.3) is 0 Å². The third kappa shape index (κ3) is 3.64. The lowest BCUT2D eigenvalue weighted by Gasteiger charge is -2.39. The van der Waals surface area contributed by atoms with Gasteiger partial charge in [-0.15, -0.1) is 0 Å². The van der Waals surface area contributed by atoms with Gasteiger partial charge in [0.1, 0.15) is 5.82 Å². The van der Waals surface area contributed by atoms with E-state index in [2.05, 4.69) is 34.1 Å². The third-order valence-electron chi connectivity index (χ3n) is 4.74. The standard InChI is InChI=1S/C19H27N5O2/c1-19(2)8-13-17(15(25)9-19)16(18-22-5-6-23-18)12(10-21-3)14(24-13)11-26-7-4-20/h5-6,10,16,24H,4,7-9,11,20H2,1-3H3,(H,22,23). The van der Waals surface area contributed by atoms with E-state index < -0.39 is 0 Å². The highest BCUT2D eigenvalue weighted by Crippen LogP contribution is 2.45. The van der Waals surface area contributed by atoms with Crippen molar-refractivity contribution < 1.29 is 9.53 Å². The van der Waals surface area contributed by atoms with Gasteiger partial charge in [0.2, 0.25) is 0 Å². The first-order valence-corrected chi connectivity index (χ1v) is 8.92. The normalized spacial score (nSPS) is 22.8. The van der Waals surface area contributed by atoms with Crippen LogP contribution >= 0.6 is 0 Å². The molecule has 2 aliphatic rings. The van der Waals surface area contributed by atoms with Crippen molar-refractivity contribution in [3.8, 4) is 0 Å². The molecule has 1 aliphatic carbocycles. The van der Waals surface area contributed by atoms with Crippen molar-refractivity contribution in [2.24, 2.45) is 16.1 Å². The molecule has 2 heterocycles. The minimum absolute atomic E-state index is 0.0732.